The van der Waals surface area contributed by atoms with Crippen LogP contribution in [0.4, 0.5) is 0 Å². The summed E-state index contributed by atoms with van der Waals surface area (Å²) in [5.74, 6) is -0.880. The lowest BCUT2D eigenvalue weighted by atomic mass is 9.93. The van der Waals surface area contributed by atoms with Crippen molar-refractivity contribution in [3.05, 3.63) is 40.5 Å². The predicted molar refractivity (Wildman–Crippen MR) is 96.6 cm³/mol. The summed E-state index contributed by atoms with van der Waals surface area (Å²) in [5.41, 5.74) is 1.23. The molecular weight excluding hydrogens is 356 g/mol. The maximum atomic E-state index is 13.1. The first-order valence-corrected chi connectivity index (χ1v) is 9.06. The zero-order valence-electron chi connectivity index (χ0n) is 14.1. The number of rotatable bonds is 5. The number of nitrogens with zero attached hydrogens (tertiary/aromatic N) is 1. The zero-order valence-corrected chi connectivity index (χ0v) is 14.9. The van der Waals surface area contributed by atoms with Gasteiger partial charge >= 0.3 is 5.97 Å². The number of ether oxygens (including phenoxy) is 1. The van der Waals surface area contributed by atoms with Gasteiger partial charge < -0.3 is 15.2 Å². The largest absolute Gasteiger partial charge is 0.481 e. The molecule has 136 valence electrons. The van der Waals surface area contributed by atoms with Gasteiger partial charge in [-0.25, -0.2) is 0 Å². The minimum atomic E-state index is -0.961. The molecule has 4 rings (SSSR count). The van der Waals surface area contributed by atoms with Crippen LogP contribution in [0.15, 0.2) is 24.3 Å². The van der Waals surface area contributed by atoms with Crippen molar-refractivity contribution in [3.63, 3.8) is 0 Å². The molecule has 1 saturated heterocycles. The highest BCUT2D eigenvalue weighted by Gasteiger charge is 2.39. The van der Waals surface area contributed by atoms with Gasteiger partial charge in [0.25, 0.3) is 5.91 Å². The number of carboxylic acids is 1. The third-order valence-electron chi connectivity index (χ3n) is 5.00. The fraction of sp³-hybridized carbons (Fsp3) is 0.421. The van der Waals surface area contributed by atoms with E-state index < -0.39 is 11.5 Å². The van der Waals surface area contributed by atoms with Crippen molar-refractivity contribution >= 4 is 34.4 Å². The minimum absolute atomic E-state index is 0.169. The lowest BCUT2D eigenvalue weighted by Gasteiger charge is -2.27. The smallest absolute Gasteiger partial charge is 0.305 e. The third kappa shape index (κ3) is 3.39. The summed E-state index contributed by atoms with van der Waals surface area (Å²) in [6.45, 7) is 0.633. The van der Waals surface area contributed by atoms with Gasteiger partial charge in [-0.15, -0.1) is 0 Å². The van der Waals surface area contributed by atoms with Gasteiger partial charge in [0.2, 0.25) is 0 Å². The second kappa shape index (κ2) is 6.52. The lowest BCUT2D eigenvalue weighted by molar-refractivity contribution is -0.138. The Bertz CT molecular complexity index is 888. The maximum absolute atomic E-state index is 13.1. The van der Waals surface area contributed by atoms with Gasteiger partial charge in [-0.2, -0.15) is 0 Å². The van der Waals surface area contributed by atoms with Gasteiger partial charge in [0.15, 0.2) is 0 Å². The molecule has 1 atom stereocenters. The summed E-state index contributed by atoms with van der Waals surface area (Å²) in [4.78, 5) is 29.0. The number of aromatic nitrogens is 1. The second-order valence-corrected chi connectivity index (χ2v) is 7.57. The van der Waals surface area contributed by atoms with Crippen LogP contribution >= 0.6 is 11.6 Å². The monoisotopic (exact) mass is 374 g/mol. The van der Waals surface area contributed by atoms with Gasteiger partial charge in [-0.05, 0) is 43.5 Å². The summed E-state index contributed by atoms with van der Waals surface area (Å²) in [5, 5.41) is 13.3. The van der Waals surface area contributed by atoms with E-state index in [0.717, 1.165) is 24.1 Å². The van der Waals surface area contributed by atoms with E-state index in [1.54, 1.807) is 12.1 Å². The number of hydrogen-bond acceptors (Lipinski definition) is 4. The van der Waals surface area contributed by atoms with E-state index in [-0.39, 0.29) is 18.9 Å². The highest BCUT2D eigenvalue weighted by Crippen LogP contribution is 2.40. The van der Waals surface area contributed by atoms with Crippen LogP contribution in [0.1, 0.15) is 47.7 Å². The topological polar surface area (TPSA) is 88.5 Å². The summed E-state index contributed by atoms with van der Waals surface area (Å²) in [6, 6.07) is 7.11. The third-order valence-corrected chi connectivity index (χ3v) is 5.24. The Kier molecular flexibility index (Phi) is 4.32. The number of nitrogens with one attached hydrogen (secondary N) is 1. The van der Waals surface area contributed by atoms with Crippen LogP contribution in [0.5, 0.6) is 0 Å². The van der Waals surface area contributed by atoms with Crippen molar-refractivity contribution in [1.29, 1.82) is 0 Å². The predicted octanol–water partition coefficient (Wildman–Crippen LogP) is 3.13. The van der Waals surface area contributed by atoms with E-state index in [9.17, 15) is 14.7 Å². The van der Waals surface area contributed by atoms with Gasteiger partial charge in [-0.3, -0.25) is 14.6 Å². The van der Waals surface area contributed by atoms with E-state index in [0.29, 0.717) is 34.9 Å². The average Bonchev–Trinajstić information content (AvgIpc) is 3.34. The number of carbonyl (C=O) groups is 2. The SMILES string of the molecule is O=C(O)CC1(NC(=O)c2cc(C3CC3)nc3ccc(Cl)cc23)CCOC1. The van der Waals surface area contributed by atoms with E-state index in [1.165, 1.54) is 0 Å². The van der Waals surface area contributed by atoms with Crippen LogP contribution in [0.3, 0.4) is 0 Å². The molecule has 1 aliphatic heterocycles. The number of carbonyl (C=O) groups excluding carboxylic acids is 1. The second-order valence-electron chi connectivity index (χ2n) is 7.14. The molecule has 1 unspecified atom stereocenters. The van der Waals surface area contributed by atoms with Crippen LogP contribution in [0.25, 0.3) is 10.9 Å². The average molecular weight is 375 g/mol. The Morgan fingerprint density at radius 2 is 2.15 bits per heavy atom. The van der Waals surface area contributed by atoms with E-state index >= 15 is 0 Å². The number of pyridine rings is 1. The normalized spacial score (nSPS) is 22.5. The Morgan fingerprint density at radius 3 is 2.81 bits per heavy atom. The first-order chi connectivity index (χ1) is 12.5. The number of fused-ring (bicyclic) bond motifs is 1. The van der Waals surface area contributed by atoms with Crippen LogP contribution in [-0.4, -0.2) is 40.7 Å². The van der Waals surface area contributed by atoms with Crippen molar-refractivity contribution in [2.75, 3.05) is 13.2 Å². The Labute approximate surface area is 155 Å². The molecule has 2 aliphatic rings. The van der Waals surface area contributed by atoms with Crippen LogP contribution in [0, 0.1) is 0 Å². The molecule has 0 spiro atoms. The van der Waals surface area contributed by atoms with Crippen molar-refractivity contribution < 1.29 is 19.4 Å². The summed E-state index contributed by atoms with van der Waals surface area (Å²) in [7, 11) is 0. The highest BCUT2D eigenvalue weighted by molar-refractivity contribution is 6.31. The molecule has 1 saturated carbocycles. The quantitative estimate of drug-likeness (QED) is 0.839. The highest BCUT2D eigenvalue weighted by atomic mass is 35.5. The summed E-state index contributed by atoms with van der Waals surface area (Å²) < 4.78 is 5.37. The summed E-state index contributed by atoms with van der Waals surface area (Å²) in [6.07, 6.45) is 2.45. The van der Waals surface area contributed by atoms with Gasteiger partial charge in [0, 0.05) is 28.6 Å². The molecule has 0 radical (unpaired) electrons. The number of aliphatic carboxylic acids is 1. The van der Waals surface area contributed by atoms with Gasteiger partial charge in [0.05, 0.1) is 29.6 Å². The number of halogens is 1. The molecular formula is C19H19ClN2O4. The first kappa shape index (κ1) is 17.2. The molecule has 6 nitrogen and oxygen atoms in total. The van der Waals surface area contributed by atoms with E-state index in [1.807, 2.05) is 12.1 Å². The van der Waals surface area contributed by atoms with Crippen molar-refractivity contribution in [3.8, 4) is 0 Å². The van der Waals surface area contributed by atoms with E-state index in [4.69, 9.17) is 16.3 Å². The first-order valence-electron chi connectivity index (χ1n) is 8.68. The Morgan fingerprint density at radius 1 is 1.35 bits per heavy atom. The maximum Gasteiger partial charge on any atom is 0.305 e. The molecule has 2 fully saturated rings. The van der Waals surface area contributed by atoms with E-state index in [2.05, 4.69) is 10.3 Å². The fourth-order valence-electron chi connectivity index (χ4n) is 3.48. The standard InChI is InChI=1S/C19H19ClN2O4/c20-12-3-4-15-13(7-12)14(8-16(21-15)11-1-2-11)18(25)22-19(9-17(23)24)5-6-26-10-19/h3-4,7-8,11H,1-2,5-6,9-10H2,(H,22,25)(H,23,24). The molecule has 26 heavy (non-hydrogen) atoms. The molecule has 1 aliphatic carbocycles. The molecule has 0 bridgehead atoms. The molecule has 7 heteroatoms. The molecule has 2 N–H and O–H groups in total. The van der Waals surface area contributed by atoms with Gasteiger partial charge in [0.1, 0.15) is 0 Å². The zero-order chi connectivity index (χ0) is 18.3. The molecule has 2 heterocycles. The number of hydrogen-bond donors (Lipinski definition) is 2. The Balaban J connectivity index is 1.73. The number of carboxylic acid groups (broad SMARTS) is 1. The van der Waals surface area contributed by atoms with Gasteiger partial charge in [-0.1, -0.05) is 11.6 Å². The molecule has 1 amide bonds. The summed E-state index contributed by atoms with van der Waals surface area (Å²) >= 11 is 6.12. The van der Waals surface area contributed by atoms with Crippen LogP contribution in [-0.2, 0) is 9.53 Å². The van der Waals surface area contributed by atoms with Crippen molar-refractivity contribution in [1.82, 2.24) is 10.3 Å². The fourth-order valence-corrected chi connectivity index (χ4v) is 3.65. The molecule has 2 aromatic rings. The number of benzene rings is 1. The number of amides is 1. The van der Waals surface area contributed by atoms with Crippen molar-refractivity contribution in [2.24, 2.45) is 0 Å². The van der Waals surface area contributed by atoms with Crippen LogP contribution < -0.4 is 5.32 Å². The minimum Gasteiger partial charge on any atom is -0.481 e. The Hall–Kier alpha value is -2.18. The molecule has 1 aromatic carbocycles. The molecule has 1 aromatic heterocycles. The lowest BCUT2D eigenvalue weighted by Crippen LogP contribution is -2.50. The van der Waals surface area contributed by atoms with Crippen molar-refractivity contribution in [2.45, 2.75) is 37.1 Å². The van der Waals surface area contributed by atoms with Crippen LogP contribution in [0.2, 0.25) is 5.02 Å².